The number of ether oxygens (including phenoxy) is 1. The van der Waals surface area contributed by atoms with Gasteiger partial charge in [-0.3, -0.25) is 0 Å². The second-order valence-electron chi connectivity index (χ2n) is 1.53. The molecule has 0 aliphatic carbocycles. The lowest BCUT2D eigenvalue weighted by molar-refractivity contribution is 0.261. The highest BCUT2D eigenvalue weighted by atomic mass is 16.5. The van der Waals surface area contributed by atoms with Crippen molar-refractivity contribution in [2.75, 3.05) is 0 Å². The Labute approximate surface area is 38.3 Å². The van der Waals surface area contributed by atoms with E-state index in [4.69, 9.17) is 4.74 Å². The van der Waals surface area contributed by atoms with Crippen LogP contribution in [0, 0.1) is 12.7 Å². The third-order valence-electron chi connectivity index (χ3n) is 0.899. The third kappa shape index (κ3) is 0.716. The second-order valence-corrected chi connectivity index (χ2v) is 1.53. The van der Waals surface area contributed by atoms with Gasteiger partial charge in [-0.25, -0.2) is 0 Å². The van der Waals surface area contributed by atoms with Crippen LogP contribution in [0.2, 0.25) is 0 Å². The van der Waals surface area contributed by atoms with Crippen molar-refractivity contribution in [3.8, 4) is 0 Å². The SMILES string of the molecule is C[C]1CC[CH]O1. The van der Waals surface area contributed by atoms with E-state index in [1.54, 1.807) is 0 Å². The monoisotopic (exact) mass is 84.1 g/mol. The molecule has 34 valence electrons. The van der Waals surface area contributed by atoms with E-state index >= 15 is 0 Å². The molecule has 0 bridgehead atoms. The Hall–Kier alpha value is -0.0400. The average Bonchev–Trinajstić information content (AvgIpc) is 1.86. The zero-order valence-corrected chi connectivity index (χ0v) is 3.90. The van der Waals surface area contributed by atoms with Crippen molar-refractivity contribution in [3.05, 3.63) is 12.7 Å². The molecule has 0 amide bonds. The molecule has 0 aromatic carbocycles. The molecule has 2 radical (unpaired) electrons. The average molecular weight is 84.1 g/mol. The third-order valence-corrected chi connectivity index (χ3v) is 0.899. The van der Waals surface area contributed by atoms with Gasteiger partial charge in [0.25, 0.3) is 0 Å². The van der Waals surface area contributed by atoms with Crippen LogP contribution in [0.25, 0.3) is 0 Å². The van der Waals surface area contributed by atoms with Crippen LogP contribution in [0.4, 0.5) is 0 Å². The van der Waals surface area contributed by atoms with Crippen LogP contribution in [0.1, 0.15) is 19.8 Å². The van der Waals surface area contributed by atoms with E-state index in [0.717, 1.165) is 18.9 Å². The Balaban J connectivity index is 2.18. The smallest absolute Gasteiger partial charge is 0.0946 e. The fraction of sp³-hybridized carbons (Fsp3) is 0.600. The number of rotatable bonds is 0. The maximum absolute atomic E-state index is 4.94. The molecule has 0 aromatic rings. The molecule has 0 spiro atoms. The first-order valence-corrected chi connectivity index (χ1v) is 2.20. The van der Waals surface area contributed by atoms with Crippen LogP contribution in [-0.4, -0.2) is 0 Å². The van der Waals surface area contributed by atoms with Crippen molar-refractivity contribution in [1.29, 1.82) is 0 Å². The first-order chi connectivity index (χ1) is 2.89. The van der Waals surface area contributed by atoms with Gasteiger partial charge < -0.3 is 4.74 Å². The molecule has 1 fully saturated rings. The summed E-state index contributed by atoms with van der Waals surface area (Å²) in [7, 11) is 0. The summed E-state index contributed by atoms with van der Waals surface area (Å²) in [6, 6.07) is 0. The van der Waals surface area contributed by atoms with Crippen LogP contribution in [0.5, 0.6) is 0 Å². The minimum Gasteiger partial charge on any atom is -0.366 e. The van der Waals surface area contributed by atoms with Gasteiger partial charge in [-0.05, 0) is 19.8 Å². The normalized spacial score (nSPS) is 25.5. The number of hydrogen-bond donors (Lipinski definition) is 0. The van der Waals surface area contributed by atoms with Gasteiger partial charge in [0.1, 0.15) is 0 Å². The Morgan fingerprint density at radius 3 is 2.83 bits per heavy atom. The highest BCUT2D eigenvalue weighted by Crippen LogP contribution is 2.20. The largest absolute Gasteiger partial charge is 0.366 e. The summed E-state index contributed by atoms with van der Waals surface area (Å²) in [6.45, 7) is 3.85. The molecule has 1 nitrogen and oxygen atoms in total. The molecule has 0 unspecified atom stereocenters. The zero-order valence-electron chi connectivity index (χ0n) is 3.90. The summed E-state index contributed by atoms with van der Waals surface area (Å²) < 4.78 is 4.94. The van der Waals surface area contributed by atoms with Crippen LogP contribution < -0.4 is 0 Å². The Morgan fingerprint density at radius 2 is 2.67 bits per heavy atom. The van der Waals surface area contributed by atoms with Crippen LogP contribution in [0.3, 0.4) is 0 Å². The van der Waals surface area contributed by atoms with E-state index < -0.39 is 0 Å². The van der Waals surface area contributed by atoms with Gasteiger partial charge in [0.2, 0.25) is 0 Å². The van der Waals surface area contributed by atoms with E-state index in [1.807, 2.05) is 13.5 Å². The molecule has 0 aromatic heterocycles. The first-order valence-electron chi connectivity index (χ1n) is 2.20. The molecule has 0 saturated carbocycles. The lowest BCUT2D eigenvalue weighted by Gasteiger charge is -1.92. The molecule has 1 aliphatic rings. The topological polar surface area (TPSA) is 9.23 Å². The maximum Gasteiger partial charge on any atom is 0.0946 e. The minimum absolute atomic E-state index is 1.10. The van der Waals surface area contributed by atoms with E-state index in [9.17, 15) is 0 Å². The lowest BCUT2D eigenvalue weighted by Crippen LogP contribution is -1.79. The molecule has 1 heteroatoms. The molecular weight excluding hydrogens is 76.1 g/mol. The minimum atomic E-state index is 1.10. The van der Waals surface area contributed by atoms with E-state index in [0.29, 0.717) is 0 Å². The van der Waals surface area contributed by atoms with Crippen molar-refractivity contribution >= 4 is 0 Å². The van der Waals surface area contributed by atoms with Gasteiger partial charge in [-0.2, -0.15) is 0 Å². The molecule has 0 atom stereocenters. The summed E-state index contributed by atoms with van der Waals surface area (Å²) >= 11 is 0. The summed E-state index contributed by atoms with van der Waals surface area (Å²) in [5.74, 6) is 0. The van der Waals surface area contributed by atoms with Crippen LogP contribution in [0.15, 0.2) is 0 Å². The fourth-order valence-corrected chi connectivity index (χ4v) is 0.522. The molecule has 1 heterocycles. The second kappa shape index (κ2) is 1.61. The van der Waals surface area contributed by atoms with Gasteiger partial charge in [0, 0.05) is 0 Å². The quantitative estimate of drug-likeness (QED) is 0.432. The van der Waals surface area contributed by atoms with Crippen LogP contribution in [-0.2, 0) is 4.74 Å². The van der Waals surface area contributed by atoms with E-state index in [2.05, 4.69) is 0 Å². The van der Waals surface area contributed by atoms with Crippen molar-refractivity contribution < 1.29 is 4.74 Å². The first kappa shape index (κ1) is 4.13. The molecule has 0 N–H and O–H groups in total. The van der Waals surface area contributed by atoms with Gasteiger partial charge in [-0.15, -0.1) is 0 Å². The molecule has 1 saturated heterocycles. The van der Waals surface area contributed by atoms with Gasteiger partial charge in [0.15, 0.2) is 0 Å². The van der Waals surface area contributed by atoms with Crippen molar-refractivity contribution in [1.82, 2.24) is 0 Å². The summed E-state index contributed by atoms with van der Waals surface area (Å²) in [5, 5.41) is 0. The van der Waals surface area contributed by atoms with Gasteiger partial charge in [-0.1, -0.05) is 0 Å². The van der Waals surface area contributed by atoms with Gasteiger partial charge in [0.05, 0.1) is 12.7 Å². The summed E-state index contributed by atoms with van der Waals surface area (Å²) in [4.78, 5) is 0. The van der Waals surface area contributed by atoms with Crippen LogP contribution >= 0.6 is 0 Å². The predicted octanol–water partition coefficient (Wildman–Crippen LogP) is 1.51. The highest BCUT2D eigenvalue weighted by Gasteiger charge is 2.09. The van der Waals surface area contributed by atoms with E-state index in [-0.39, 0.29) is 0 Å². The fourth-order valence-electron chi connectivity index (χ4n) is 0.522. The van der Waals surface area contributed by atoms with E-state index in [1.165, 1.54) is 0 Å². The molecular formula is C5H8O. The lowest BCUT2D eigenvalue weighted by atomic mass is 10.3. The Morgan fingerprint density at radius 1 is 1.83 bits per heavy atom. The molecule has 6 heavy (non-hydrogen) atoms. The van der Waals surface area contributed by atoms with Crippen molar-refractivity contribution in [2.24, 2.45) is 0 Å². The summed E-state index contributed by atoms with van der Waals surface area (Å²) in [5.41, 5.74) is 0. The Kier molecular flexibility index (Phi) is 1.10. The molecule has 1 rings (SSSR count). The van der Waals surface area contributed by atoms with Crippen molar-refractivity contribution in [3.63, 3.8) is 0 Å². The standard InChI is InChI=1S/C5H8O/c1-5-3-2-4-6-5/h4H,2-3H2,1H3. The zero-order chi connectivity index (χ0) is 4.41. The summed E-state index contributed by atoms with van der Waals surface area (Å²) in [6.07, 6.45) is 3.38. The maximum atomic E-state index is 4.94. The Bertz CT molecular complexity index is 37.2. The predicted molar refractivity (Wildman–Crippen MR) is 23.5 cm³/mol. The van der Waals surface area contributed by atoms with Gasteiger partial charge >= 0.3 is 0 Å². The van der Waals surface area contributed by atoms with Crippen molar-refractivity contribution in [2.45, 2.75) is 19.8 Å². The highest BCUT2D eigenvalue weighted by molar-refractivity contribution is 4.81. The number of hydrogen-bond acceptors (Lipinski definition) is 1. The molecule has 1 aliphatic heterocycles.